The first kappa shape index (κ1) is 25.0. The van der Waals surface area contributed by atoms with Crippen LogP contribution in [0.1, 0.15) is 60.0 Å². The molecule has 5 nitrogen and oxygen atoms in total. The average Bonchev–Trinajstić information content (AvgIpc) is 2.88. The van der Waals surface area contributed by atoms with Crippen LogP contribution in [-0.4, -0.2) is 20.9 Å². The quantitative estimate of drug-likeness (QED) is 0.444. The molecule has 0 heterocycles. The number of hydrogen-bond acceptors (Lipinski definition) is 3. The number of anilines is 1. The van der Waals surface area contributed by atoms with E-state index in [1.807, 2.05) is 32.9 Å². The highest BCUT2D eigenvalue weighted by Crippen LogP contribution is 2.29. The fourth-order valence-corrected chi connectivity index (χ4v) is 6.29. The first-order valence-electron chi connectivity index (χ1n) is 12.4. The van der Waals surface area contributed by atoms with Gasteiger partial charge in [-0.3, -0.25) is 9.10 Å². The van der Waals surface area contributed by atoms with Crippen LogP contribution in [0.2, 0.25) is 0 Å². The number of amides is 1. The van der Waals surface area contributed by atoms with E-state index < -0.39 is 10.0 Å². The lowest BCUT2D eigenvalue weighted by Gasteiger charge is -2.27. The van der Waals surface area contributed by atoms with Gasteiger partial charge < -0.3 is 5.32 Å². The van der Waals surface area contributed by atoms with Crippen LogP contribution >= 0.6 is 0 Å². The van der Waals surface area contributed by atoms with E-state index >= 15 is 0 Å². The molecule has 0 saturated heterocycles. The van der Waals surface area contributed by atoms with Crippen molar-refractivity contribution in [2.75, 3.05) is 10.8 Å². The Morgan fingerprint density at radius 1 is 0.943 bits per heavy atom. The molecular weight excluding hydrogens is 456 g/mol. The van der Waals surface area contributed by atoms with Crippen molar-refractivity contribution in [2.24, 2.45) is 0 Å². The van der Waals surface area contributed by atoms with Crippen molar-refractivity contribution in [1.29, 1.82) is 0 Å². The maximum Gasteiger partial charge on any atom is 0.264 e. The molecule has 0 spiro atoms. The summed E-state index contributed by atoms with van der Waals surface area (Å²) in [5.41, 5.74) is 6.16. The zero-order chi connectivity index (χ0) is 25.0. The zero-order valence-electron chi connectivity index (χ0n) is 20.8. The van der Waals surface area contributed by atoms with Gasteiger partial charge in [-0.1, -0.05) is 55.5 Å². The molecule has 0 aromatic heterocycles. The second-order valence-electron chi connectivity index (χ2n) is 9.31. The van der Waals surface area contributed by atoms with Crippen molar-refractivity contribution in [3.8, 4) is 0 Å². The van der Waals surface area contributed by atoms with Gasteiger partial charge in [0.2, 0.25) is 5.91 Å². The third-order valence-corrected chi connectivity index (χ3v) is 8.76. The number of benzene rings is 3. The van der Waals surface area contributed by atoms with Gasteiger partial charge in [-0.2, -0.15) is 0 Å². The van der Waals surface area contributed by atoms with Gasteiger partial charge in [0.15, 0.2) is 0 Å². The van der Waals surface area contributed by atoms with Crippen LogP contribution in [0.15, 0.2) is 71.6 Å². The number of rotatable bonds is 8. The van der Waals surface area contributed by atoms with Crippen molar-refractivity contribution in [2.45, 2.75) is 63.8 Å². The van der Waals surface area contributed by atoms with E-state index in [9.17, 15) is 13.2 Å². The highest BCUT2D eigenvalue weighted by molar-refractivity contribution is 7.92. The number of carbonyl (C=O) groups excluding carboxylic acids is 1. The third-order valence-electron chi connectivity index (χ3n) is 6.98. The first-order chi connectivity index (χ1) is 16.8. The van der Waals surface area contributed by atoms with Gasteiger partial charge in [0.05, 0.1) is 16.6 Å². The Morgan fingerprint density at radius 3 is 2.37 bits per heavy atom. The summed E-state index contributed by atoms with van der Waals surface area (Å²) >= 11 is 0. The van der Waals surface area contributed by atoms with Gasteiger partial charge in [-0.25, -0.2) is 8.42 Å². The number of nitrogens with one attached hydrogen (secondary N) is 1. The van der Waals surface area contributed by atoms with Crippen LogP contribution in [0.4, 0.5) is 5.69 Å². The van der Waals surface area contributed by atoms with E-state index in [1.165, 1.54) is 28.3 Å². The van der Waals surface area contributed by atoms with Crippen LogP contribution in [0.25, 0.3) is 0 Å². The maximum absolute atomic E-state index is 13.7. The van der Waals surface area contributed by atoms with Crippen LogP contribution in [0, 0.1) is 13.8 Å². The summed E-state index contributed by atoms with van der Waals surface area (Å²) in [7, 11) is -3.94. The van der Waals surface area contributed by atoms with Crippen LogP contribution in [0.3, 0.4) is 0 Å². The van der Waals surface area contributed by atoms with Crippen LogP contribution < -0.4 is 9.62 Å². The van der Waals surface area contributed by atoms with Crippen molar-refractivity contribution in [1.82, 2.24) is 5.32 Å². The van der Waals surface area contributed by atoms with Crippen molar-refractivity contribution in [3.63, 3.8) is 0 Å². The molecular formula is C29H34N2O3S. The number of aryl methyl sites for hydroxylation is 3. The topological polar surface area (TPSA) is 66.5 Å². The number of carbonyl (C=O) groups is 1. The van der Waals surface area contributed by atoms with E-state index in [0.717, 1.165) is 36.0 Å². The SMILES string of the molecule is CC[C@H](NC(=O)CN(c1cccc(C)c1C)S(=O)(=O)c1ccccc1)c1ccc2c(c1)CCCC2. The monoisotopic (exact) mass is 490 g/mol. The molecule has 0 fully saturated rings. The fraction of sp³-hybridized carbons (Fsp3) is 0.345. The van der Waals surface area contributed by atoms with Gasteiger partial charge in [-0.15, -0.1) is 0 Å². The summed E-state index contributed by atoms with van der Waals surface area (Å²) in [5, 5.41) is 3.10. The Hall–Kier alpha value is -3.12. The number of sulfonamides is 1. The van der Waals surface area contributed by atoms with Crippen LogP contribution in [0.5, 0.6) is 0 Å². The van der Waals surface area contributed by atoms with Gasteiger partial charge in [0, 0.05) is 0 Å². The Morgan fingerprint density at radius 2 is 1.66 bits per heavy atom. The molecule has 1 N–H and O–H groups in total. The first-order valence-corrected chi connectivity index (χ1v) is 13.8. The van der Waals surface area contributed by atoms with E-state index in [2.05, 4.69) is 23.5 Å². The van der Waals surface area contributed by atoms with E-state index in [1.54, 1.807) is 36.4 Å². The molecule has 1 amide bonds. The predicted octanol–water partition coefficient (Wildman–Crippen LogP) is 5.65. The number of fused-ring (bicyclic) bond motifs is 1. The molecule has 6 heteroatoms. The summed E-state index contributed by atoms with van der Waals surface area (Å²) < 4.78 is 28.6. The van der Waals surface area contributed by atoms with E-state index in [4.69, 9.17) is 0 Å². The summed E-state index contributed by atoms with van der Waals surface area (Å²) in [6, 6.07) is 20.1. The highest BCUT2D eigenvalue weighted by atomic mass is 32.2. The molecule has 0 bridgehead atoms. The molecule has 0 radical (unpaired) electrons. The van der Waals surface area contributed by atoms with Gasteiger partial charge in [0.25, 0.3) is 10.0 Å². The Bertz CT molecular complexity index is 1300. The van der Waals surface area contributed by atoms with E-state index in [0.29, 0.717) is 5.69 Å². The largest absolute Gasteiger partial charge is 0.348 e. The minimum atomic E-state index is -3.94. The molecule has 1 aliphatic carbocycles. The van der Waals surface area contributed by atoms with Crippen molar-refractivity contribution >= 4 is 21.6 Å². The lowest BCUT2D eigenvalue weighted by molar-refractivity contribution is -0.120. The standard InChI is InChI=1S/C29H34N2O3S/c1-4-27(25-18-17-23-12-8-9-13-24(23)19-25)30-29(32)20-31(28-16-10-11-21(2)22(28)3)35(33,34)26-14-6-5-7-15-26/h5-7,10-11,14-19,27H,4,8-9,12-13,20H2,1-3H3,(H,30,32)/t27-/m0/s1. The predicted molar refractivity (Wildman–Crippen MR) is 141 cm³/mol. The molecule has 0 unspecified atom stereocenters. The molecule has 0 aliphatic heterocycles. The Balaban J connectivity index is 1.62. The van der Waals surface area contributed by atoms with Gasteiger partial charge in [0.1, 0.15) is 6.54 Å². The summed E-state index contributed by atoms with van der Waals surface area (Å²) in [6.07, 6.45) is 5.33. The zero-order valence-corrected chi connectivity index (χ0v) is 21.6. The lowest BCUT2D eigenvalue weighted by atomic mass is 9.89. The van der Waals surface area contributed by atoms with Gasteiger partial charge in [-0.05, 0) is 92.0 Å². The summed E-state index contributed by atoms with van der Waals surface area (Å²) in [6.45, 7) is 5.57. The summed E-state index contributed by atoms with van der Waals surface area (Å²) in [5.74, 6) is -0.324. The van der Waals surface area contributed by atoms with Crippen molar-refractivity contribution < 1.29 is 13.2 Å². The molecule has 184 valence electrons. The van der Waals surface area contributed by atoms with Crippen LogP contribution in [-0.2, 0) is 27.7 Å². The molecule has 1 atom stereocenters. The average molecular weight is 491 g/mol. The third kappa shape index (κ3) is 5.43. The van der Waals surface area contributed by atoms with Crippen molar-refractivity contribution in [3.05, 3.63) is 94.5 Å². The molecule has 1 aliphatic rings. The fourth-order valence-electron chi connectivity index (χ4n) is 4.79. The second-order valence-corrected chi connectivity index (χ2v) is 11.2. The highest BCUT2D eigenvalue weighted by Gasteiger charge is 2.29. The summed E-state index contributed by atoms with van der Waals surface area (Å²) in [4.78, 5) is 13.5. The molecule has 3 aromatic carbocycles. The smallest absolute Gasteiger partial charge is 0.264 e. The molecule has 3 aromatic rings. The maximum atomic E-state index is 13.7. The minimum Gasteiger partial charge on any atom is -0.348 e. The number of hydrogen-bond donors (Lipinski definition) is 1. The normalized spacial score (nSPS) is 14.1. The second kappa shape index (κ2) is 10.6. The van der Waals surface area contributed by atoms with E-state index in [-0.39, 0.29) is 23.4 Å². The minimum absolute atomic E-state index is 0.162. The van der Waals surface area contributed by atoms with Gasteiger partial charge >= 0.3 is 0 Å². The number of nitrogens with zero attached hydrogens (tertiary/aromatic N) is 1. The Kier molecular flexibility index (Phi) is 7.60. The molecule has 35 heavy (non-hydrogen) atoms. The lowest BCUT2D eigenvalue weighted by Crippen LogP contribution is -2.42. The Labute approximate surface area is 209 Å². The molecule has 4 rings (SSSR count). The molecule has 0 saturated carbocycles.